The Morgan fingerprint density at radius 1 is 1.35 bits per heavy atom. The van der Waals surface area contributed by atoms with Crippen molar-refractivity contribution in [2.75, 3.05) is 11.9 Å². The summed E-state index contributed by atoms with van der Waals surface area (Å²) in [5, 5.41) is 13.4. The summed E-state index contributed by atoms with van der Waals surface area (Å²) in [6.07, 6.45) is 2.48. The molecule has 0 saturated carbocycles. The molecular formula is C12H10ClN3S. The fraction of sp³-hybridized carbons (Fsp3) is 0.167. The lowest BCUT2D eigenvalue weighted by Gasteiger charge is -2.02. The Morgan fingerprint density at radius 2 is 2.12 bits per heavy atom. The lowest BCUT2D eigenvalue weighted by Crippen LogP contribution is -2.04. The summed E-state index contributed by atoms with van der Waals surface area (Å²) in [7, 11) is 0. The first-order valence-electron chi connectivity index (χ1n) is 5.12. The Bertz CT molecular complexity index is 527. The number of nitrogens with zero attached hydrogens (tertiary/aromatic N) is 2. The van der Waals surface area contributed by atoms with E-state index in [2.05, 4.69) is 16.4 Å². The Balaban J connectivity index is 1.83. The minimum absolute atomic E-state index is 0.624. The second-order valence-corrected chi connectivity index (χ2v) is 4.91. The molecule has 0 atom stereocenters. The first kappa shape index (κ1) is 11.9. The predicted molar refractivity (Wildman–Crippen MR) is 70.5 cm³/mol. The average Bonchev–Trinajstić information content (AvgIpc) is 2.80. The molecule has 1 aromatic heterocycles. The van der Waals surface area contributed by atoms with E-state index in [-0.39, 0.29) is 0 Å². The molecule has 1 heterocycles. The molecule has 1 N–H and O–H groups in total. The van der Waals surface area contributed by atoms with Gasteiger partial charge in [-0.25, -0.2) is 4.98 Å². The monoisotopic (exact) mass is 263 g/mol. The Kier molecular flexibility index (Phi) is 3.97. The van der Waals surface area contributed by atoms with Crippen molar-refractivity contribution in [1.29, 1.82) is 5.26 Å². The summed E-state index contributed by atoms with van der Waals surface area (Å²) in [6.45, 7) is 0.792. The summed E-state index contributed by atoms with van der Waals surface area (Å²) in [5.41, 5.74) is 1.22. The topological polar surface area (TPSA) is 48.7 Å². The van der Waals surface area contributed by atoms with Gasteiger partial charge in [0.2, 0.25) is 0 Å². The molecule has 0 bridgehead atoms. The second kappa shape index (κ2) is 5.67. The van der Waals surface area contributed by atoms with Crippen LogP contribution in [0.3, 0.4) is 0 Å². The van der Waals surface area contributed by atoms with Gasteiger partial charge < -0.3 is 5.32 Å². The van der Waals surface area contributed by atoms with E-state index in [0.717, 1.165) is 23.1 Å². The summed E-state index contributed by atoms with van der Waals surface area (Å²) in [6, 6.07) is 9.84. The van der Waals surface area contributed by atoms with Crippen LogP contribution in [-0.2, 0) is 6.42 Å². The van der Waals surface area contributed by atoms with Crippen molar-refractivity contribution in [2.24, 2.45) is 0 Å². The van der Waals surface area contributed by atoms with E-state index in [4.69, 9.17) is 16.9 Å². The molecule has 0 radical (unpaired) electrons. The van der Waals surface area contributed by atoms with Crippen LogP contribution in [0.5, 0.6) is 0 Å². The fourth-order valence-electron chi connectivity index (χ4n) is 1.37. The zero-order valence-electron chi connectivity index (χ0n) is 8.98. The van der Waals surface area contributed by atoms with Gasteiger partial charge in [-0.2, -0.15) is 5.26 Å². The van der Waals surface area contributed by atoms with Crippen LogP contribution in [0.25, 0.3) is 0 Å². The zero-order valence-corrected chi connectivity index (χ0v) is 10.6. The summed E-state index contributed by atoms with van der Waals surface area (Å²) in [4.78, 5) is 4.72. The van der Waals surface area contributed by atoms with Gasteiger partial charge in [-0.1, -0.05) is 35.1 Å². The Morgan fingerprint density at radius 3 is 2.76 bits per heavy atom. The number of rotatable bonds is 4. The van der Waals surface area contributed by atoms with Gasteiger partial charge in [0.25, 0.3) is 0 Å². The van der Waals surface area contributed by atoms with E-state index in [1.807, 2.05) is 24.3 Å². The van der Waals surface area contributed by atoms with Gasteiger partial charge in [0.15, 0.2) is 5.13 Å². The number of aromatic nitrogens is 1. The van der Waals surface area contributed by atoms with Crippen LogP contribution in [0.15, 0.2) is 30.5 Å². The minimum Gasteiger partial charge on any atom is -0.361 e. The van der Waals surface area contributed by atoms with Crippen molar-refractivity contribution >= 4 is 28.1 Å². The maximum absolute atomic E-state index is 8.66. The van der Waals surface area contributed by atoms with Crippen LogP contribution < -0.4 is 5.32 Å². The van der Waals surface area contributed by atoms with E-state index < -0.39 is 0 Å². The van der Waals surface area contributed by atoms with Crippen molar-refractivity contribution in [3.05, 3.63) is 45.9 Å². The van der Waals surface area contributed by atoms with Crippen LogP contribution in [-0.4, -0.2) is 11.5 Å². The quantitative estimate of drug-likeness (QED) is 0.921. The number of halogens is 1. The zero-order chi connectivity index (χ0) is 12.1. The molecule has 0 saturated heterocycles. The molecule has 0 aliphatic rings. The first-order valence-corrected chi connectivity index (χ1v) is 6.31. The molecular weight excluding hydrogens is 254 g/mol. The van der Waals surface area contributed by atoms with Crippen molar-refractivity contribution < 1.29 is 0 Å². The number of benzene rings is 1. The molecule has 0 fully saturated rings. The minimum atomic E-state index is 0.624. The molecule has 2 aromatic rings. The van der Waals surface area contributed by atoms with Gasteiger partial charge in [0.1, 0.15) is 10.9 Å². The molecule has 17 heavy (non-hydrogen) atoms. The number of anilines is 1. The maximum atomic E-state index is 8.66. The molecule has 86 valence electrons. The number of nitriles is 1. The standard InChI is InChI=1S/C12H10ClN3S/c13-10-3-1-9(2-4-10)5-6-15-12-16-8-11(7-14)17-12/h1-4,8H,5-6H2,(H,15,16). The molecule has 5 heteroatoms. The van der Waals surface area contributed by atoms with Crippen molar-refractivity contribution in [3.63, 3.8) is 0 Å². The lowest BCUT2D eigenvalue weighted by atomic mass is 10.1. The van der Waals surface area contributed by atoms with E-state index >= 15 is 0 Å². The van der Waals surface area contributed by atoms with Crippen molar-refractivity contribution in [1.82, 2.24) is 4.98 Å². The number of thiazole rings is 1. The van der Waals surface area contributed by atoms with Gasteiger partial charge in [0.05, 0.1) is 6.20 Å². The number of nitrogens with one attached hydrogen (secondary N) is 1. The molecule has 1 aromatic carbocycles. The van der Waals surface area contributed by atoms with E-state index in [1.54, 1.807) is 6.20 Å². The molecule has 0 spiro atoms. The van der Waals surface area contributed by atoms with Crippen LogP contribution in [0, 0.1) is 11.3 Å². The molecule has 3 nitrogen and oxygen atoms in total. The summed E-state index contributed by atoms with van der Waals surface area (Å²) < 4.78 is 0. The lowest BCUT2D eigenvalue weighted by molar-refractivity contribution is 1.02. The predicted octanol–water partition coefficient (Wildman–Crippen LogP) is 3.32. The van der Waals surface area contributed by atoms with Crippen LogP contribution >= 0.6 is 22.9 Å². The van der Waals surface area contributed by atoms with E-state index in [9.17, 15) is 0 Å². The summed E-state index contributed by atoms with van der Waals surface area (Å²) >= 11 is 7.17. The number of hydrogen-bond donors (Lipinski definition) is 1. The molecule has 0 amide bonds. The fourth-order valence-corrected chi connectivity index (χ4v) is 2.14. The highest BCUT2D eigenvalue weighted by molar-refractivity contribution is 7.16. The van der Waals surface area contributed by atoms with E-state index in [0.29, 0.717) is 4.88 Å². The third kappa shape index (κ3) is 3.45. The van der Waals surface area contributed by atoms with Crippen LogP contribution in [0.4, 0.5) is 5.13 Å². The molecule has 0 unspecified atom stereocenters. The SMILES string of the molecule is N#Cc1cnc(NCCc2ccc(Cl)cc2)s1. The van der Waals surface area contributed by atoms with Gasteiger partial charge in [-0.05, 0) is 24.1 Å². The highest BCUT2D eigenvalue weighted by Crippen LogP contribution is 2.16. The van der Waals surface area contributed by atoms with Gasteiger partial charge in [-0.3, -0.25) is 0 Å². The average molecular weight is 264 g/mol. The van der Waals surface area contributed by atoms with Crippen molar-refractivity contribution in [2.45, 2.75) is 6.42 Å². The van der Waals surface area contributed by atoms with Gasteiger partial charge in [-0.15, -0.1) is 0 Å². The smallest absolute Gasteiger partial charge is 0.183 e. The van der Waals surface area contributed by atoms with Crippen LogP contribution in [0.1, 0.15) is 10.4 Å². The molecule has 0 aliphatic heterocycles. The van der Waals surface area contributed by atoms with Gasteiger partial charge in [0, 0.05) is 11.6 Å². The number of hydrogen-bond acceptors (Lipinski definition) is 4. The second-order valence-electron chi connectivity index (χ2n) is 3.44. The van der Waals surface area contributed by atoms with Gasteiger partial charge >= 0.3 is 0 Å². The third-order valence-corrected chi connectivity index (χ3v) is 3.33. The van der Waals surface area contributed by atoms with Crippen molar-refractivity contribution in [3.8, 4) is 6.07 Å². The molecule has 2 rings (SSSR count). The first-order chi connectivity index (χ1) is 8.28. The highest BCUT2D eigenvalue weighted by atomic mass is 35.5. The summed E-state index contributed by atoms with van der Waals surface area (Å²) in [5.74, 6) is 0. The largest absolute Gasteiger partial charge is 0.361 e. The Labute approximate surface area is 109 Å². The Hall–Kier alpha value is -1.57. The van der Waals surface area contributed by atoms with Crippen LogP contribution in [0.2, 0.25) is 5.02 Å². The normalized spacial score (nSPS) is 9.88. The highest BCUT2D eigenvalue weighted by Gasteiger charge is 2.00. The molecule has 0 aliphatic carbocycles. The maximum Gasteiger partial charge on any atom is 0.183 e. The third-order valence-electron chi connectivity index (χ3n) is 2.22. The van der Waals surface area contributed by atoms with E-state index in [1.165, 1.54) is 16.9 Å².